The average Bonchev–Trinajstić information content (AvgIpc) is 3.38. The number of halogens is 1. The van der Waals surface area contributed by atoms with Crippen molar-refractivity contribution in [1.29, 1.82) is 0 Å². The predicted octanol–water partition coefficient (Wildman–Crippen LogP) is 3.26. The maximum Gasteiger partial charge on any atom is 0.235 e. The Hall–Kier alpha value is -2.53. The summed E-state index contributed by atoms with van der Waals surface area (Å²) in [6.45, 7) is 0.235. The number of anilines is 1. The van der Waals surface area contributed by atoms with E-state index in [1.165, 1.54) is 0 Å². The molecular formula is C19H19ClN2O3. The molecule has 1 fully saturated rings. The molecule has 3 rings (SSSR count). The van der Waals surface area contributed by atoms with Gasteiger partial charge in [-0.05, 0) is 54.8 Å². The van der Waals surface area contributed by atoms with Crippen LogP contribution in [-0.2, 0) is 15.0 Å². The Kier molecular flexibility index (Phi) is 4.95. The normalized spacial score (nSPS) is 14.6. The summed E-state index contributed by atoms with van der Waals surface area (Å²) in [6.07, 6.45) is 1.79. The zero-order valence-electron chi connectivity index (χ0n) is 13.6. The molecule has 0 radical (unpaired) electrons. The van der Waals surface area contributed by atoms with Crippen LogP contribution in [0.25, 0.3) is 0 Å². The van der Waals surface area contributed by atoms with Crippen molar-refractivity contribution >= 4 is 29.1 Å². The first-order valence-electron chi connectivity index (χ1n) is 8.08. The van der Waals surface area contributed by atoms with Crippen molar-refractivity contribution in [3.8, 4) is 5.75 Å². The molecule has 1 aliphatic rings. The molecule has 2 aromatic rings. The van der Waals surface area contributed by atoms with Crippen LogP contribution in [-0.4, -0.2) is 18.4 Å². The number of hydrogen-bond acceptors (Lipinski definition) is 3. The molecule has 1 aliphatic carbocycles. The van der Waals surface area contributed by atoms with Gasteiger partial charge in [0.25, 0.3) is 0 Å². The largest absolute Gasteiger partial charge is 0.493 e. The van der Waals surface area contributed by atoms with Crippen LogP contribution in [0.2, 0.25) is 5.02 Å². The van der Waals surface area contributed by atoms with E-state index in [9.17, 15) is 9.59 Å². The molecule has 5 nitrogen and oxygen atoms in total. The highest BCUT2D eigenvalue weighted by Gasteiger charge is 2.51. The summed E-state index contributed by atoms with van der Waals surface area (Å²) in [5, 5.41) is 3.59. The van der Waals surface area contributed by atoms with Gasteiger partial charge in [-0.2, -0.15) is 0 Å². The molecule has 0 unspecified atom stereocenters. The second-order valence-electron chi connectivity index (χ2n) is 6.14. The first-order chi connectivity index (χ1) is 12.0. The zero-order valence-corrected chi connectivity index (χ0v) is 14.4. The summed E-state index contributed by atoms with van der Waals surface area (Å²) in [4.78, 5) is 23.4. The summed E-state index contributed by atoms with van der Waals surface area (Å²) in [5.41, 5.74) is 6.22. The molecule has 25 heavy (non-hydrogen) atoms. The van der Waals surface area contributed by atoms with Crippen molar-refractivity contribution in [2.75, 3.05) is 11.9 Å². The van der Waals surface area contributed by atoms with Crippen molar-refractivity contribution in [1.82, 2.24) is 0 Å². The van der Waals surface area contributed by atoms with Crippen molar-refractivity contribution in [3.05, 3.63) is 59.1 Å². The lowest BCUT2D eigenvalue weighted by Crippen LogP contribution is -2.27. The van der Waals surface area contributed by atoms with E-state index < -0.39 is 11.3 Å². The standard InChI is InChI=1S/C19H19ClN2O3/c20-14-3-1-2-13(12-14)19(9-10-19)18(24)22-15-4-6-16(7-5-15)25-11-8-17(21)23/h1-7,12H,8-11H2,(H2,21,23)(H,22,24). The molecular weight excluding hydrogens is 340 g/mol. The first kappa shape index (κ1) is 17.3. The lowest BCUT2D eigenvalue weighted by Gasteiger charge is -2.16. The van der Waals surface area contributed by atoms with Gasteiger partial charge in [0.1, 0.15) is 5.75 Å². The van der Waals surface area contributed by atoms with Crippen LogP contribution in [0.4, 0.5) is 5.69 Å². The third kappa shape index (κ3) is 4.12. The third-order valence-corrected chi connectivity index (χ3v) is 4.53. The van der Waals surface area contributed by atoms with Gasteiger partial charge in [-0.25, -0.2) is 0 Å². The summed E-state index contributed by atoms with van der Waals surface area (Å²) in [5.74, 6) is 0.187. The van der Waals surface area contributed by atoms with E-state index in [4.69, 9.17) is 22.1 Å². The van der Waals surface area contributed by atoms with Crippen molar-refractivity contribution in [2.45, 2.75) is 24.7 Å². The van der Waals surface area contributed by atoms with Crippen LogP contribution in [0.5, 0.6) is 5.75 Å². The van der Waals surface area contributed by atoms with Crippen LogP contribution >= 0.6 is 11.6 Å². The second-order valence-corrected chi connectivity index (χ2v) is 6.57. The minimum atomic E-state index is -0.485. The number of benzene rings is 2. The number of primary amides is 1. The van der Waals surface area contributed by atoms with Crippen LogP contribution in [0.1, 0.15) is 24.8 Å². The number of rotatable bonds is 7. The van der Waals surface area contributed by atoms with E-state index in [1.54, 1.807) is 30.3 Å². The van der Waals surface area contributed by atoms with Gasteiger partial charge in [-0.15, -0.1) is 0 Å². The van der Waals surface area contributed by atoms with E-state index in [1.807, 2.05) is 18.2 Å². The fraction of sp³-hybridized carbons (Fsp3) is 0.263. The number of amides is 2. The van der Waals surface area contributed by atoms with Gasteiger partial charge in [0.05, 0.1) is 18.4 Å². The van der Waals surface area contributed by atoms with Gasteiger partial charge in [0.15, 0.2) is 0 Å². The highest BCUT2D eigenvalue weighted by Crippen LogP contribution is 2.49. The Morgan fingerprint density at radius 3 is 2.48 bits per heavy atom. The molecule has 130 valence electrons. The number of carbonyl (C=O) groups is 2. The summed E-state index contributed by atoms with van der Waals surface area (Å²) >= 11 is 6.05. The van der Waals surface area contributed by atoms with E-state index in [2.05, 4.69) is 5.32 Å². The van der Waals surface area contributed by atoms with Gasteiger partial charge in [-0.3, -0.25) is 9.59 Å². The smallest absolute Gasteiger partial charge is 0.235 e. The topological polar surface area (TPSA) is 81.4 Å². The Labute approximate surface area is 151 Å². The number of ether oxygens (including phenoxy) is 1. The lowest BCUT2D eigenvalue weighted by atomic mass is 9.95. The average molecular weight is 359 g/mol. The fourth-order valence-electron chi connectivity index (χ4n) is 2.71. The van der Waals surface area contributed by atoms with E-state index in [-0.39, 0.29) is 18.9 Å². The Bertz CT molecular complexity index is 786. The molecule has 3 N–H and O–H groups in total. The molecule has 2 aromatic carbocycles. The molecule has 0 spiro atoms. The summed E-state index contributed by atoms with van der Waals surface area (Å²) in [7, 11) is 0. The monoisotopic (exact) mass is 358 g/mol. The zero-order chi connectivity index (χ0) is 17.9. The Balaban J connectivity index is 1.62. The summed E-state index contributed by atoms with van der Waals surface area (Å²) in [6, 6.07) is 14.5. The van der Waals surface area contributed by atoms with E-state index in [0.717, 1.165) is 18.4 Å². The first-order valence-corrected chi connectivity index (χ1v) is 8.46. The van der Waals surface area contributed by atoms with Gasteiger partial charge >= 0.3 is 0 Å². The fourth-order valence-corrected chi connectivity index (χ4v) is 2.90. The molecule has 1 saturated carbocycles. The van der Waals surface area contributed by atoms with Crippen molar-refractivity contribution in [2.24, 2.45) is 5.73 Å². The minimum absolute atomic E-state index is 0.0304. The van der Waals surface area contributed by atoms with E-state index in [0.29, 0.717) is 16.5 Å². The highest BCUT2D eigenvalue weighted by molar-refractivity contribution is 6.30. The molecule has 0 bridgehead atoms. The van der Waals surface area contributed by atoms with Crippen LogP contribution in [0.15, 0.2) is 48.5 Å². The number of carbonyl (C=O) groups excluding carboxylic acids is 2. The maximum atomic E-state index is 12.7. The lowest BCUT2D eigenvalue weighted by molar-refractivity contribution is -0.119. The van der Waals surface area contributed by atoms with Crippen LogP contribution in [0.3, 0.4) is 0 Å². The van der Waals surface area contributed by atoms with Crippen molar-refractivity contribution < 1.29 is 14.3 Å². The Morgan fingerprint density at radius 2 is 1.88 bits per heavy atom. The van der Waals surface area contributed by atoms with Crippen molar-refractivity contribution in [3.63, 3.8) is 0 Å². The quantitative estimate of drug-likeness (QED) is 0.797. The van der Waals surface area contributed by atoms with Gasteiger partial charge in [0, 0.05) is 10.7 Å². The van der Waals surface area contributed by atoms with Gasteiger partial charge in [-0.1, -0.05) is 23.7 Å². The minimum Gasteiger partial charge on any atom is -0.493 e. The van der Waals surface area contributed by atoms with Gasteiger partial charge < -0.3 is 15.8 Å². The number of nitrogens with one attached hydrogen (secondary N) is 1. The van der Waals surface area contributed by atoms with Crippen LogP contribution in [0, 0.1) is 0 Å². The van der Waals surface area contributed by atoms with Gasteiger partial charge in [0.2, 0.25) is 11.8 Å². The number of nitrogens with two attached hydrogens (primary N) is 1. The SMILES string of the molecule is NC(=O)CCOc1ccc(NC(=O)C2(c3cccc(Cl)c3)CC2)cc1. The molecule has 0 heterocycles. The molecule has 0 aromatic heterocycles. The Morgan fingerprint density at radius 1 is 1.16 bits per heavy atom. The molecule has 0 atom stereocenters. The van der Waals surface area contributed by atoms with E-state index >= 15 is 0 Å². The molecule has 0 saturated heterocycles. The molecule has 0 aliphatic heterocycles. The maximum absolute atomic E-state index is 12.7. The predicted molar refractivity (Wildman–Crippen MR) is 96.7 cm³/mol. The second kappa shape index (κ2) is 7.15. The number of hydrogen-bond donors (Lipinski definition) is 2. The molecule has 6 heteroatoms. The third-order valence-electron chi connectivity index (χ3n) is 4.29. The summed E-state index contributed by atoms with van der Waals surface area (Å²) < 4.78 is 5.41. The molecule has 2 amide bonds. The highest BCUT2D eigenvalue weighted by atomic mass is 35.5. The van der Waals surface area contributed by atoms with Crippen LogP contribution < -0.4 is 15.8 Å².